The molecule has 1 aliphatic rings. The van der Waals surface area contributed by atoms with Crippen LogP contribution in [-0.4, -0.2) is 28.1 Å². The van der Waals surface area contributed by atoms with Crippen molar-refractivity contribution in [2.75, 3.05) is 23.8 Å². The van der Waals surface area contributed by atoms with Crippen LogP contribution in [0.25, 0.3) is 10.9 Å². The summed E-state index contributed by atoms with van der Waals surface area (Å²) < 4.78 is 46.0. The van der Waals surface area contributed by atoms with Gasteiger partial charge in [0.15, 0.2) is 0 Å². The van der Waals surface area contributed by atoms with Crippen LogP contribution in [0.1, 0.15) is 24.1 Å². The maximum atomic E-state index is 13.5. The van der Waals surface area contributed by atoms with Crippen molar-refractivity contribution in [3.05, 3.63) is 46.7 Å². The number of halogens is 4. The molecule has 0 saturated carbocycles. The first-order valence-electron chi connectivity index (χ1n) is 8.49. The SMILES string of the molecule is C[C@H]1Nc2nc(nc3cnc(Cl)cc23)OCCNc2c1cccc2C(F)(F)F. The van der Waals surface area contributed by atoms with E-state index in [1.54, 1.807) is 19.1 Å². The standard InChI is InChI=1S/C18H15ClF3N5O/c1-9-10-3-2-4-12(18(20,21)22)15(10)23-5-6-28-17-26-13-8-24-14(19)7-11(13)16(25-9)27-17/h2-4,7-9,23H,5-6H2,1H3,(H,25,26,27)/t9-/m1/s1. The molecule has 3 heterocycles. The number of alkyl halides is 3. The molecule has 2 N–H and O–H groups in total. The van der Waals surface area contributed by atoms with E-state index >= 15 is 0 Å². The predicted molar refractivity (Wildman–Crippen MR) is 99.8 cm³/mol. The summed E-state index contributed by atoms with van der Waals surface area (Å²) in [5.41, 5.74) is 0.268. The number of nitrogens with one attached hydrogen (secondary N) is 2. The molecule has 1 aromatic carbocycles. The van der Waals surface area contributed by atoms with E-state index in [1.807, 2.05) is 0 Å². The van der Waals surface area contributed by atoms with Crippen LogP contribution in [0.15, 0.2) is 30.5 Å². The number of ether oxygens (including phenoxy) is 1. The van der Waals surface area contributed by atoms with Crippen molar-refractivity contribution in [3.8, 4) is 6.01 Å². The molecule has 0 spiro atoms. The molecule has 0 amide bonds. The van der Waals surface area contributed by atoms with Gasteiger partial charge < -0.3 is 15.4 Å². The zero-order valence-corrected chi connectivity index (χ0v) is 15.4. The van der Waals surface area contributed by atoms with E-state index in [0.717, 1.165) is 6.07 Å². The molecule has 3 aromatic rings. The van der Waals surface area contributed by atoms with E-state index < -0.39 is 17.8 Å². The second-order valence-corrected chi connectivity index (χ2v) is 6.68. The largest absolute Gasteiger partial charge is 0.462 e. The van der Waals surface area contributed by atoms with Crippen LogP contribution in [0.5, 0.6) is 6.01 Å². The molecule has 2 bridgehead atoms. The van der Waals surface area contributed by atoms with Crippen LogP contribution in [-0.2, 0) is 6.18 Å². The van der Waals surface area contributed by atoms with Crippen molar-refractivity contribution in [3.63, 3.8) is 0 Å². The number of anilines is 2. The molecule has 0 fully saturated rings. The zero-order valence-electron chi connectivity index (χ0n) is 14.6. The molecule has 146 valence electrons. The van der Waals surface area contributed by atoms with E-state index in [0.29, 0.717) is 22.3 Å². The fourth-order valence-corrected chi connectivity index (χ4v) is 3.28. The second kappa shape index (κ2) is 6.97. The molecule has 4 rings (SSSR count). The van der Waals surface area contributed by atoms with Crippen LogP contribution < -0.4 is 15.4 Å². The van der Waals surface area contributed by atoms with Crippen LogP contribution in [0, 0.1) is 0 Å². The van der Waals surface area contributed by atoms with Crippen molar-refractivity contribution in [1.29, 1.82) is 0 Å². The van der Waals surface area contributed by atoms with Gasteiger partial charge in [0.1, 0.15) is 17.6 Å². The lowest BCUT2D eigenvalue weighted by atomic mass is 10.0. The van der Waals surface area contributed by atoms with Gasteiger partial charge in [0, 0.05) is 11.9 Å². The molecular formula is C18H15ClF3N5O. The van der Waals surface area contributed by atoms with Crippen LogP contribution in [0.4, 0.5) is 24.7 Å². The van der Waals surface area contributed by atoms with Crippen LogP contribution in [0.3, 0.4) is 0 Å². The Morgan fingerprint density at radius 2 is 2.07 bits per heavy atom. The van der Waals surface area contributed by atoms with E-state index in [4.69, 9.17) is 16.3 Å². The highest BCUT2D eigenvalue weighted by Crippen LogP contribution is 2.39. The first-order chi connectivity index (χ1) is 13.3. The molecule has 6 nitrogen and oxygen atoms in total. The minimum Gasteiger partial charge on any atom is -0.462 e. The maximum Gasteiger partial charge on any atom is 0.418 e. The lowest BCUT2D eigenvalue weighted by Crippen LogP contribution is -2.18. The molecule has 0 aliphatic carbocycles. The Kier molecular flexibility index (Phi) is 4.62. The monoisotopic (exact) mass is 409 g/mol. The third-order valence-electron chi connectivity index (χ3n) is 4.39. The maximum absolute atomic E-state index is 13.5. The molecular weight excluding hydrogens is 395 g/mol. The molecule has 1 atom stereocenters. The summed E-state index contributed by atoms with van der Waals surface area (Å²) in [7, 11) is 0. The Morgan fingerprint density at radius 3 is 2.86 bits per heavy atom. The van der Waals surface area contributed by atoms with Gasteiger partial charge in [-0.25, -0.2) is 4.98 Å². The first kappa shape index (κ1) is 18.5. The zero-order chi connectivity index (χ0) is 19.9. The minimum atomic E-state index is -4.48. The number of pyridine rings is 1. The Hall–Kier alpha value is -2.81. The highest BCUT2D eigenvalue weighted by molar-refractivity contribution is 6.30. The topological polar surface area (TPSA) is 72.0 Å². The summed E-state index contributed by atoms with van der Waals surface area (Å²) in [6.07, 6.45) is -2.99. The first-order valence-corrected chi connectivity index (χ1v) is 8.87. The number of aromatic nitrogens is 3. The van der Waals surface area contributed by atoms with Gasteiger partial charge in [0.25, 0.3) is 0 Å². The number of nitrogens with zero attached hydrogens (tertiary/aromatic N) is 3. The molecule has 0 radical (unpaired) electrons. The van der Waals surface area contributed by atoms with E-state index in [2.05, 4.69) is 25.6 Å². The lowest BCUT2D eigenvalue weighted by molar-refractivity contribution is -0.137. The Morgan fingerprint density at radius 1 is 1.25 bits per heavy atom. The van der Waals surface area contributed by atoms with Crippen molar-refractivity contribution >= 4 is 34.0 Å². The van der Waals surface area contributed by atoms with Gasteiger partial charge in [-0.15, -0.1) is 0 Å². The number of fused-ring (bicyclic) bond motifs is 5. The van der Waals surface area contributed by atoms with E-state index in [-0.39, 0.29) is 30.0 Å². The van der Waals surface area contributed by atoms with Gasteiger partial charge in [0.2, 0.25) is 0 Å². The third-order valence-corrected chi connectivity index (χ3v) is 4.59. The van der Waals surface area contributed by atoms with E-state index in [9.17, 15) is 13.2 Å². The lowest BCUT2D eigenvalue weighted by Gasteiger charge is -2.22. The Labute approximate surface area is 163 Å². The van der Waals surface area contributed by atoms with E-state index in [1.165, 1.54) is 12.3 Å². The number of benzene rings is 1. The molecule has 28 heavy (non-hydrogen) atoms. The number of hydrogen-bond acceptors (Lipinski definition) is 6. The Bertz CT molecular complexity index is 1040. The summed E-state index contributed by atoms with van der Waals surface area (Å²) in [6.45, 7) is 2.00. The molecule has 10 heteroatoms. The fourth-order valence-electron chi connectivity index (χ4n) is 3.13. The van der Waals surface area contributed by atoms with Crippen LogP contribution in [0.2, 0.25) is 5.15 Å². The van der Waals surface area contributed by atoms with Gasteiger partial charge in [-0.2, -0.15) is 23.1 Å². The summed E-state index contributed by atoms with van der Waals surface area (Å²) in [5.74, 6) is 0.405. The van der Waals surface area contributed by atoms with Crippen molar-refractivity contribution in [1.82, 2.24) is 15.0 Å². The number of para-hydroxylation sites is 1. The molecule has 0 unspecified atom stereocenters. The number of rotatable bonds is 0. The third kappa shape index (κ3) is 3.49. The summed E-state index contributed by atoms with van der Waals surface area (Å²) in [4.78, 5) is 12.6. The predicted octanol–water partition coefficient (Wildman–Crippen LogP) is 4.67. The van der Waals surface area contributed by atoms with Gasteiger partial charge >= 0.3 is 12.2 Å². The summed E-state index contributed by atoms with van der Waals surface area (Å²) >= 11 is 5.99. The quantitative estimate of drug-likeness (QED) is 0.525. The molecule has 1 aliphatic heterocycles. The average Bonchev–Trinajstić information content (AvgIpc) is 2.66. The highest BCUT2D eigenvalue weighted by atomic mass is 35.5. The van der Waals surface area contributed by atoms with Gasteiger partial charge in [-0.05, 0) is 24.6 Å². The molecule has 0 saturated heterocycles. The Balaban J connectivity index is 1.86. The fraction of sp³-hybridized carbons (Fsp3) is 0.278. The smallest absolute Gasteiger partial charge is 0.418 e. The van der Waals surface area contributed by atoms with Crippen molar-refractivity contribution in [2.45, 2.75) is 19.1 Å². The summed E-state index contributed by atoms with van der Waals surface area (Å²) in [6, 6.07) is 5.31. The second-order valence-electron chi connectivity index (χ2n) is 6.29. The van der Waals surface area contributed by atoms with Gasteiger partial charge in [0.05, 0.1) is 29.0 Å². The van der Waals surface area contributed by atoms with Crippen LogP contribution >= 0.6 is 11.6 Å². The summed E-state index contributed by atoms with van der Waals surface area (Å²) in [5, 5.41) is 6.86. The molecule has 2 aromatic heterocycles. The number of hydrogen-bond donors (Lipinski definition) is 2. The van der Waals surface area contributed by atoms with Crippen molar-refractivity contribution < 1.29 is 17.9 Å². The highest BCUT2D eigenvalue weighted by Gasteiger charge is 2.35. The minimum absolute atomic E-state index is 0.0190. The van der Waals surface area contributed by atoms with Gasteiger partial charge in [-0.3, -0.25) is 0 Å². The van der Waals surface area contributed by atoms with Crippen molar-refractivity contribution in [2.24, 2.45) is 0 Å². The van der Waals surface area contributed by atoms with Gasteiger partial charge in [-0.1, -0.05) is 23.7 Å². The average molecular weight is 410 g/mol. The normalized spacial score (nSPS) is 17.0.